The van der Waals surface area contributed by atoms with Gasteiger partial charge in [-0.3, -0.25) is 14.4 Å². The first-order chi connectivity index (χ1) is 15.4. The standard InChI is InChI=1S/C22H25N3O6S/c1-4-5-10-24-16(26)12-32-20-15(11-23)17(18(19(27)25-20)22(29)31-3)13-6-8-14(9-7-13)21(28)30-2/h6-9,17-18H,4-5,10,12H2,1-3H3,(H,24,26)(H,25,27)/t17-,18-/m1/s1. The van der Waals surface area contributed by atoms with Gasteiger partial charge in [-0.05, 0) is 24.1 Å². The van der Waals surface area contributed by atoms with Crippen LogP contribution in [0, 0.1) is 17.2 Å². The van der Waals surface area contributed by atoms with Crippen LogP contribution in [0.4, 0.5) is 0 Å². The molecule has 0 aliphatic carbocycles. The summed E-state index contributed by atoms with van der Waals surface area (Å²) in [6.45, 7) is 2.56. The van der Waals surface area contributed by atoms with E-state index in [-0.39, 0.29) is 27.8 Å². The number of nitrogens with one attached hydrogen (secondary N) is 2. The maximum absolute atomic E-state index is 12.8. The van der Waals surface area contributed by atoms with E-state index in [9.17, 15) is 24.4 Å². The van der Waals surface area contributed by atoms with Gasteiger partial charge in [-0.1, -0.05) is 37.2 Å². The summed E-state index contributed by atoms with van der Waals surface area (Å²) >= 11 is 1.02. The zero-order valence-corrected chi connectivity index (χ0v) is 18.9. The number of carbonyl (C=O) groups excluding carboxylic acids is 4. The molecule has 32 heavy (non-hydrogen) atoms. The molecule has 1 heterocycles. The maximum atomic E-state index is 12.8. The van der Waals surface area contributed by atoms with Crippen molar-refractivity contribution in [1.82, 2.24) is 10.6 Å². The summed E-state index contributed by atoms with van der Waals surface area (Å²) in [5.74, 6) is -4.41. The molecule has 10 heteroatoms. The van der Waals surface area contributed by atoms with Crippen molar-refractivity contribution in [3.63, 3.8) is 0 Å². The zero-order chi connectivity index (χ0) is 23.7. The second-order valence-corrected chi connectivity index (χ2v) is 7.91. The molecule has 0 saturated carbocycles. The van der Waals surface area contributed by atoms with Gasteiger partial charge < -0.3 is 20.1 Å². The van der Waals surface area contributed by atoms with Gasteiger partial charge in [0.2, 0.25) is 11.8 Å². The van der Waals surface area contributed by atoms with Crippen molar-refractivity contribution >= 4 is 35.5 Å². The van der Waals surface area contributed by atoms with Crippen molar-refractivity contribution in [3.8, 4) is 6.07 Å². The van der Waals surface area contributed by atoms with Crippen LogP contribution in [-0.4, -0.2) is 50.3 Å². The average molecular weight is 460 g/mol. The Morgan fingerprint density at radius 3 is 2.44 bits per heavy atom. The van der Waals surface area contributed by atoms with Gasteiger partial charge in [0.15, 0.2) is 0 Å². The number of hydrogen-bond donors (Lipinski definition) is 2. The van der Waals surface area contributed by atoms with Gasteiger partial charge in [0, 0.05) is 12.5 Å². The second kappa shape index (κ2) is 11.9. The molecule has 2 atom stereocenters. The highest BCUT2D eigenvalue weighted by atomic mass is 32.2. The number of methoxy groups -OCH3 is 2. The molecule has 9 nitrogen and oxygen atoms in total. The van der Waals surface area contributed by atoms with Crippen molar-refractivity contribution < 1.29 is 28.7 Å². The molecule has 1 aromatic rings. The van der Waals surface area contributed by atoms with Crippen molar-refractivity contribution in [2.24, 2.45) is 5.92 Å². The molecule has 0 bridgehead atoms. The molecular weight excluding hydrogens is 434 g/mol. The number of allylic oxidation sites excluding steroid dienone is 1. The fourth-order valence-corrected chi connectivity index (χ4v) is 4.10. The Bertz CT molecular complexity index is 951. The first-order valence-electron chi connectivity index (χ1n) is 9.98. The van der Waals surface area contributed by atoms with Gasteiger partial charge in [-0.25, -0.2) is 4.79 Å². The van der Waals surface area contributed by atoms with Crippen molar-refractivity contribution in [2.75, 3.05) is 26.5 Å². The topological polar surface area (TPSA) is 135 Å². The summed E-state index contributed by atoms with van der Waals surface area (Å²) in [4.78, 5) is 49.0. The fourth-order valence-electron chi connectivity index (χ4n) is 3.22. The highest BCUT2D eigenvalue weighted by Gasteiger charge is 2.44. The first kappa shape index (κ1) is 24.9. The number of hydrogen-bond acceptors (Lipinski definition) is 8. The summed E-state index contributed by atoms with van der Waals surface area (Å²) in [6.07, 6.45) is 1.79. The Balaban J connectivity index is 2.39. The number of nitriles is 1. The van der Waals surface area contributed by atoms with Gasteiger partial charge in [-0.2, -0.15) is 5.26 Å². The van der Waals surface area contributed by atoms with Crippen LogP contribution >= 0.6 is 11.8 Å². The molecule has 0 saturated heterocycles. The molecule has 1 aromatic carbocycles. The lowest BCUT2D eigenvalue weighted by atomic mass is 9.78. The number of carbonyl (C=O) groups is 4. The van der Waals surface area contributed by atoms with Crippen LogP contribution in [0.5, 0.6) is 0 Å². The Morgan fingerprint density at radius 2 is 1.88 bits per heavy atom. The van der Waals surface area contributed by atoms with Gasteiger partial charge >= 0.3 is 11.9 Å². The quantitative estimate of drug-likeness (QED) is 0.325. The highest BCUT2D eigenvalue weighted by Crippen LogP contribution is 2.40. The minimum Gasteiger partial charge on any atom is -0.468 e. The molecular formula is C22H25N3O6S. The summed E-state index contributed by atoms with van der Waals surface area (Å²) < 4.78 is 9.48. The molecule has 2 N–H and O–H groups in total. The number of ether oxygens (including phenoxy) is 2. The fraction of sp³-hybridized carbons (Fsp3) is 0.409. The van der Waals surface area contributed by atoms with Crippen LogP contribution in [0.2, 0.25) is 0 Å². The Labute approximate surface area is 190 Å². The predicted octanol–water partition coefficient (Wildman–Crippen LogP) is 1.86. The van der Waals surface area contributed by atoms with E-state index < -0.39 is 29.7 Å². The van der Waals surface area contributed by atoms with Crippen molar-refractivity contribution in [2.45, 2.75) is 25.7 Å². The van der Waals surface area contributed by atoms with Crippen LogP contribution in [0.15, 0.2) is 34.9 Å². The maximum Gasteiger partial charge on any atom is 0.337 e. The van der Waals surface area contributed by atoms with E-state index in [0.717, 1.165) is 31.7 Å². The van der Waals surface area contributed by atoms with Crippen LogP contribution in [0.1, 0.15) is 41.6 Å². The van der Waals surface area contributed by atoms with Gasteiger partial charge in [-0.15, -0.1) is 0 Å². The van der Waals surface area contributed by atoms with E-state index in [0.29, 0.717) is 12.1 Å². The molecule has 1 aliphatic rings. The van der Waals surface area contributed by atoms with Crippen molar-refractivity contribution in [1.29, 1.82) is 5.26 Å². The Morgan fingerprint density at radius 1 is 1.19 bits per heavy atom. The summed E-state index contributed by atoms with van der Waals surface area (Å²) in [5, 5.41) is 15.4. The number of nitrogens with zero attached hydrogens (tertiary/aromatic N) is 1. The zero-order valence-electron chi connectivity index (χ0n) is 18.1. The highest BCUT2D eigenvalue weighted by molar-refractivity contribution is 8.03. The van der Waals surface area contributed by atoms with E-state index in [2.05, 4.69) is 21.4 Å². The number of thioether (sulfide) groups is 1. The van der Waals surface area contributed by atoms with E-state index >= 15 is 0 Å². The lowest BCUT2D eigenvalue weighted by Gasteiger charge is -2.31. The van der Waals surface area contributed by atoms with Crippen molar-refractivity contribution in [3.05, 3.63) is 46.0 Å². The number of amides is 2. The first-order valence-corrected chi connectivity index (χ1v) is 11.0. The summed E-state index contributed by atoms with van der Waals surface area (Å²) in [6, 6.07) is 8.17. The average Bonchev–Trinajstić information content (AvgIpc) is 2.81. The van der Waals surface area contributed by atoms with E-state index in [1.54, 1.807) is 12.1 Å². The van der Waals surface area contributed by atoms with Crippen LogP contribution in [-0.2, 0) is 23.9 Å². The number of rotatable bonds is 9. The smallest absolute Gasteiger partial charge is 0.337 e. The third-order valence-corrected chi connectivity index (χ3v) is 5.89. The molecule has 2 amide bonds. The minimum atomic E-state index is -1.29. The molecule has 1 aliphatic heterocycles. The molecule has 170 valence electrons. The number of esters is 2. The summed E-state index contributed by atoms with van der Waals surface area (Å²) in [5.41, 5.74) is 0.897. The second-order valence-electron chi connectivity index (χ2n) is 6.93. The van der Waals surface area contributed by atoms with Gasteiger partial charge in [0.05, 0.1) is 42.2 Å². The number of unbranched alkanes of at least 4 members (excludes halogenated alkanes) is 1. The van der Waals surface area contributed by atoms with Crippen LogP contribution < -0.4 is 10.6 Å². The normalized spacial score (nSPS) is 17.8. The lowest BCUT2D eigenvalue weighted by molar-refractivity contribution is -0.150. The predicted molar refractivity (Wildman–Crippen MR) is 117 cm³/mol. The van der Waals surface area contributed by atoms with Gasteiger partial charge in [0.25, 0.3) is 0 Å². The van der Waals surface area contributed by atoms with Crippen LogP contribution in [0.3, 0.4) is 0 Å². The molecule has 2 rings (SSSR count). The largest absolute Gasteiger partial charge is 0.468 e. The van der Waals surface area contributed by atoms with E-state index in [4.69, 9.17) is 4.74 Å². The minimum absolute atomic E-state index is 0.00139. The SMILES string of the molecule is CCCCNC(=O)CSC1=C(C#N)[C@@H](c2ccc(C(=O)OC)cc2)[C@@H](C(=O)OC)C(=O)N1. The van der Waals surface area contributed by atoms with E-state index in [1.165, 1.54) is 19.2 Å². The summed E-state index contributed by atoms with van der Waals surface area (Å²) in [7, 11) is 2.42. The molecule has 0 aromatic heterocycles. The van der Waals surface area contributed by atoms with Gasteiger partial charge in [0.1, 0.15) is 5.92 Å². The monoisotopic (exact) mass is 459 g/mol. The van der Waals surface area contributed by atoms with E-state index in [1.807, 2.05) is 6.92 Å². The molecule has 0 radical (unpaired) electrons. The Kier molecular flexibility index (Phi) is 9.28. The molecule has 0 spiro atoms. The van der Waals surface area contributed by atoms with Crippen LogP contribution in [0.25, 0.3) is 0 Å². The third-order valence-electron chi connectivity index (χ3n) is 4.87. The Hall–Kier alpha value is -3.32. The molecule has 0 fully saturated rings. The number of benzene rings is 1. The lowest BCUT2D eigenvalue weighted by Crippen LogP contribution is -2.44. The third kappa shape index (κ3) is 5.88. The molecule has 0 unspecified atom stereocenters.